The Kier molecular flexibility index (Phi) is 6.78. The van der Waals surface area contributed by atoms with Crippen LogP contribution >= 0.6 is 0 Å². The van der Waals surface area contributed by atoms with E-state index in [4.69, 9.17) is 0 Å². The lowest BCUT2D eigenvalue weighted by Gasteiger charge is -2.15. The first-order valence-corrected chi connectivity index (χ1v) is 7.35. The Hall–Kier alpha value is -1.04. The van der Waals surface area contributed by atoms with Crippen molar-refractivity contribution in [2.75, 3.05) is 0 Å². The lowest BCUT2D eigenvalue weighted by Crippen LogP contribution is -1.98. The van der Waals surface area contributed by atoms with Crippen LogP contribution in [0, 0.1) is 5.92 Å². The predicted molar refractivity (Wildman–Crippen MR) is 81.9 cm³/mol. The van der Waals surface area contributed by atoms with Gasteiger partial charge in [0.1, 0.15) is 0 Å². The van der Waals surface area contributed by atoms with E-state index >= 15 is 0 Å². The van der Waals surface area contributed by atoms with Gasteiger partial charge in [-0.3, -0.25) is 0 Å². The summed E-state index contributed by atoms with van der Waals surface area (Å²) in [7, 11) is 0. The van der Waals surface area contributed by atoms with E-state index in [0.717, 1.165) is 5.92 Å². The Morgan fingerprint density at radius 1 is 0.833 bits per heavy atom. The maximum Gasteiger partial charge on any atom is -0.0219 e. The van der Waals surface area contributed by atoms with E-state index in [1.807, 2.05) is 6.07 Å². The number of hydrogen-bond donors (Lipinski definition) is 0. The molecule has 0 aliphatic heterocycles. The Balaban J connectivity index is 0.000000180. The van der Waals surface area contributed by atoms with Crippen molar-refractivity contribution in [3.63, 3.8) is 0 Å². The summed E-state index contributed by atoms with van der Waals surface area (Å²) in [5.74, 6) is 1.46. The lowest BCUT2D eigenvalue weighted by molar-refractivity contribution is 0.620. The maximum atomic E-state index is 2.42. The van der Waals surface area contributed by atoms with Crippen LogP contribution in [0.25, 0.3) is 0 Å². The summed E-state index contributed by atoms with van der Waals surface area (Å²) in [5.41, 5.74) is 3.10. The molecule has 0 fully saturated rings. The average molecular weight is 244 g/mol. The highest BCUT2D eigenvalue weighted by molar-refractivity contribution is 5.17. The molecule has 0 amide bonds. The van der Waals surface area contributed by atoms with Gasteiger partial charge in [-0.15, -0.1) is 0 Å². The fourth-order valence-corrected chi connectivity index (χ4v) is 2.23. The van der Waals surface area contributed by atoms with Crippen molar-refractivity contribution in [2.24, 2.45) is 5.92 Å². The number of benzene rings is 1. The van der Waals surface area contributed by atoms with Crippen LogP contribution in [0.5, 0.6) is 0 Å². The first-order chi connectivity index (χ1) is 8.61. The van der Waals surface area contributed by atoms with Gasteiger partial charge in [0, 0.05) is 0 Å². The van der Waals surface area contributed by atoms with Crippen LogP contribution in [0.1, 0.15) is 64.9 Å². The number of hydrogen-bond acceptors (Lipinski definition) is 0. The van der Waals surface area contributed by atoms with Gasteiger partial charge in [-0.2, -0.15) is 0 Å². The van der Waals surface area contributed by atoms with E-state index in [9.17, 15) is 0 Å². The van der Waals surface area contributed by atoms with Crippen LogP contribution < -0.4 is 0 Å². The largest absolute Gasteiger partial charge is 0.0851 e. The first-order valence-electron chi connectivity index (χ1n) is 7.35. The summed E-state index contributed by atoms with van der Waals surface area (Å²) < 4.78 is 0. The topological polar surface area (TPSA) is 0 Å². The van der Waals surface area contributed by atoms with Gasteiger partial charge in [-0.05, 0) is 43.1 Å². The fraction of sp³-hybridized carbons (Fsp3) is 0.556. The van der Waals surface area contributed by atoms with Gasteiger partial charge < -0.3 is 0 Å². The molecule has 1 aliphatic carbocycles. The fourth-order valence-electron chi connectivity index (χ4n) is 2.23. The molecule has 0 saturated heterocycles. The molecule has 1 aromatic carbocycles. The van der Waals surface area contributed by atoms with Gasteiger partial charge in [0.15, 0.2) is 0 Å². The summed E-state index contributed by atoms with van der Waals surface area (Å²) in [4.78, 5) is 0. The molecule has 1 aromatic rings. The second kappa shape index (κ2) is 8.13. The van der Waals surface area contributed by atoms with Crippen LogP contribution in [0.15, 0.2) is 42.0 Å². The summed E-state index contributed by atoms with van der Waals surface area (Å²) in [6.07, 6.45) is 7.94. The van der Waals surface area contributed by atoms with Gasteiger partial charge >= 0.3 is 0 Å². The molecule has 0 nitrogen and oxygen atoms in total. The Bertz CT molecular complexity index is 344. The van der Waals surface area contributed by atoms with Crippen LogP contribution in [-0.4, -0.2) is 0 Å². The minimum absolute atomic E-state index is 0.659. The Labute approximate surface area is 113 Å². The van der Waals surface area contributed by atoms with E-state index in [1.165, 1.54) is 31.2 Å². The van der Waals surface area contributed by atoms with Crippen molar-refractivity contribution in [1.82, 2.24) is 0 Å². The molecule has 0 N–H and O–H groups in total. The first kappa shape index (κ1) is 15.0. The Morgan fingerprint density at radius 2 is 1.50 bits per heavy atom. The summed E-state index contributed by atoms with van der Waals surface area (Å²) in [6.45, 7) is 8.99. The third-order valence-electron chi connectivity index (χ3n) is 3.53. The molecule has 0 spiro atoms. The number of rotatable bonds is 2. The molecule has 18 heavy (non-hydrogen) atoms. The van der Waals surface area contributed by atoms with Crippen LogP contribution in [0.4, 0.5) is 0 Å². The predicted octanol–water partition coefficient (Wildman–Crippen LogP) is 5.95. The van der Waals surface area contributed by atoms with E-state index in [1.54, 1.807) is 5.57 Å². The molecule has 0 heteroatoms. The van der Waals surface area contributed by atoms with Crippen molar-refractivity contribution in [3.8, 4) is 0 Å². The standard InChI is InChI=1S/C9H16.C9H12/c2*1-8(2)9-6-4-3-5-7-9/h6,8H,3-5,7H2,1-2H3;3-8H,1-2H3. The number of allylic oxidation sites excluding steroid dienone is 2. The van der Waals surface area contributed by atoms with Gasteiger partial charge in [-0.25, -0.2) is 0 Å². The minimum Gasteiger partial charge on any atom is -0.0851 e. The molecular weight excluding hydrogens is 216 g/mol. The average Bonchev–Trinajstić information content (AvgIpc) is 2.41. The maximum absolute atomic E-state index is 2.42. The normalized spacial score (nSPS) is 15.1. The zero-order chi connectivity index (χ0) is 13.4. The minimum atomic E-state index is 0.659. The lowest BCUT2D eigenvalue weighted by atomic mass is 9.92. The molecular formula is C18H28. The van der Waals surface area contributed by atoms with Gasteiger partial charge in [0.2, 0.25) is 0 Å². The third kappa shape index (κ3) is 5.53. The highest BCUT2D eigenvalue weighted by Crippen LogP contribution is 2.23. The van der Waals surface area contributed by atoms with Gasteiger partial charge in [0.25, 0.3) is 0 Å². The van der Waals surface area contributed by atoms with Crippen molar-refractivity contribution < 1.29 is 0 Å². The molecule has 0 unspecified atom stereocenters. The third-order valence-corrected chi connectivity index (χ3v) is 3.53. The zero-order valence-electron chi connectivity index (χ0n) is 12.4. The Morgan fingerprint density at radius 3 is 1.83 bits per heavy atom. The highest BCUT2D eigenvalue weighted by atomic mass is 14.1. The van der Waals surface area contributed by atoms with Gasteiger partial charge in [0.05, 0.1) is 0 Å². The second-order valence-electron chi connectivity index (χ2n) is 5.74. The molecule has 2 rings (SSSR count). The molecule has 0 radical (unpaired) electrons. The molecule has 1 aliphatic rings. The molecule has 0 heterocycles. The van der Waals surface area contributed by atoms with E-state index < -0.39 is 0 Å². The summed E-state index contributed by atoms with van der Waals surface area (Å²) >= 11 is 0. The van der Waals surface area contributed by atoms with Crippen LogP contribution in [0.3, 0.4) is 0 Å². The van der Waals surface area contributed by atoms with E-state index in [-0.39, 0.29) is 0 Å². The zero-order valence-corrected chi connectivity index (χ0v) is 12.4. The second-order valence-corrected chi connectivity index (χ2v) is 5.74. The highest BCUT2D eigenvalue weighted by Gasteiger charge is 2.05. The van der Waals surface area contributed by atoms with Crippen molar-refractivity contribution >= 4 is 0 Å². The van der Waals surface area contributed by atoms with Crippen LogP contribution in [0.2, 0.25) is 0 Å². The quantitative estimate of drug-likeness (QED) is 0.564. The SMILES string of the molecule is CC(C)C1=CCCCC1.CC(C)c1ccccc1. The molecule has 100 valence electrons. The summed E-state index contributed by atoms with van der Waals surface area (Å²) in [5, 5.41) is 0. The van der Waals surface area contributed by atoms with Gasteiger partial charge in [-0.1, -0.05) is 69.7 Å². The van der Waals surface area contributed by atoms with Crippen molar-refractivity contribution in [2.45, 2.75) is 59.3 Å². The smallest absolute Gasteiger partial charge is 0.0219 e. The monoisotopic (exact) mass is 244 g/mol. The molecule has 0 aromatic heterocycles. The summed E-state index contributed by atoms with van der Waals surface area (Å²) in [6, 6.07) is 10.5. The van der Waals surface area contributed by atoms with E-state index in [2.05, 4.69) is 58.0 Å². The van der Waals surface area contributed by atoms with Crippen molar-refractivity contribution in [1.29, 1.82) is 0 Å². The molecule has 0 atom stereocenters. The van der Waals surface area contributed by atoms with Crippen molar-refractivity contribution in [3.05, 3.63) is 47.5 Å². The molecule has 0 bridgehead atoms. The molecule has 0 saturated carbocycles. The van der Waals surface area contributed by atoms with E-state index in [0.29, 0.717) is 5.92 Å². The van der Waals surface area contributed by atoms with Crippen LogP contribution in [-0.2, 0) is 0 Å².